The highest BCUT2D eigenvalue weighted by Crippen LogP contribution is 2.47. The van der Waals surface area contributed by atoms with Gasteiger partial charge in [0.05, 0.1) is 12.7 Å². The molecule has 10 nitrogen and oxygen atoms in total. The average molecular weight is 427 g/mol. The van der Waals surface area contributed by atoms with Crippen LogP contribution >= 0.6 is 0 Å². The van der Waals surface area contributed by atoms with Gasteiger partial charge in [0, 0.05) is 13.0 Å². The topological polar surface area (TPSA) is 134 Å². The van der Waals surface area contributed by atoms with Crippen LogP contribution in [0.15, 0.2) is 0 Å². The van der Waals surface area contributed by atoms with E-state index in [4.69, 9.17) is 9.47 Å². The minimum Gasteiger partial charge on any atom is -0.464 e. The van der Waals surface area contributed by atoms with E-state index in [0.717, 1.165) is 0 Å². The molecule has 1 aliphatic heterocycles. The Hall–Kier alpha value is -2.36. The quantitative estimate of drug-likeness (QED) is 0.498. The molecule has 0 unspecified atom stereocenters. The largest absolute Gasteiger partial charge is 0.464 e. The van der Waals surface area contributed by atoms with Crippen LogP contribution in [0.1, 0.15) is 53.9 Å². The van der Waals surface area contributed by atoms with Crippen molar-refractivity contribution in [3.63, 3.8) is 0 Å². The second-order valence-electron chi connectivity index (χ2n) is 8.80. The Morgan fingerprint density at radius 1 is 1.20 bits per heavy atom. The Morgan fingerprint density at radius 2 is 1.87 bits per heavy atom. The number of likely N-dealkylation sites (tertiary alicyclic amines) is 1. The van der Waals surface area contributed by atoms with E-state index in [1.165, 1.54) is 4.90 Å². The molecule has 10 heteroatoms. The highest BCUT2D eigenvalue weighted by Gasteiger charge is 2.62. The summed E-state index contributed by atoms with van der Waals surface area (Å²) in [6.45, 7) is 8.53. The molecule has 1 saturated carbocycles. The molecule has 170 valence electrons. The van der Waals surface area contributed by atoms with E-state index < -0.39 is 47.2 Å². The van der Waals surface area contributed by atoms with Crippen molar-refractivity contribution in [2.24, 2.45) is 5.92 Å². The molecule has 0 radical (unpaired) electrons. The van der Waals surface area contributed by atoms with Gasteiger partial charge in [-0.25, -0.2) is 9.59 Å². The number of nitrogens with one attached hydrogen (secondary N) is 2. The van der Waals surface area contributed by atoms with Crippen LogP contribution in [0, 0.1) is 5.92 Å². The number of ether oxygens (including phenoxy) is 2. The van der Waals surface area contributed by atoms with Crippen LogP contribution in [0.4, 0.5) is 4.79 Å². The molecule has 0 aromatic rings. The number of hydrogen-bond acceptors (Lipinski definition) is 7. The summed E-state index contributed by atoms with van der Waals surface area (Å²) >= 11 is 0. The van der Waals surface area contributed by atoms with Crippen LogP contribution < -0.4 is 10.6 Å². The van der Waals surface area contributed by atoms with Gasteiger partial charge in [0.2, 0.25) is 11.8 Å². The molecular formula is C20H33N3O7. The standard InChI is InChI=1S/C20H33N3O7/c1-6-12-9-20(12,17(27)29-7-2)22-16(26)14-8-13(24)11-23(14)15(25)10-21-18(28)30-19(3,4)5/h12-14,24H,6-11H2,1-5H3,(H,21,28)(H,22,26)/t12-,13-,14+,20-/m1/s1. The number of β-amino-alcohol motifs (C(OH)–C–C–N with tert-alkyl or cyclic N) is 1. The number of carbonyl (C=O) groups is 4. The lowest BCUT2D eigenvalue weighted by atomic mass is 10.1. The Bertz CT molecular complexity index is 690. The van der Waals surface area contributed by atoms with Gasteiger partial charge in [0.25, 0.3) is 0 Å². The Morgan fingerprint density at radius 3 is 2.40 bits per heavy atom. The molecule has 0 aromatic heterocycles. The smallest absolute Gasteiger partial charge is 0.408 e. The molecule has 1 heterocycles. The molecule has 2 fully saturated rings. The maximum Gasteiger partial charge on any atom is 0.408 e. The first-order valence-corrected chi connectivity index (χ1v) is 10.4. The second kappa shape index (κ2) is 9.20. The predicted molar refractivity (Wildman–Crippen MR) is 106 cm³/mol. The normalized spacial score (nSPS) is 27.9. The zero-order valence-electron chi connectivity index (χ0n) is 18.3. The maximum atomic E-state index is 12.9. The van der Waals surface area contributed by atoms with Crippen molar-refractivity contribution in [2.45, 2.75) is 77.2 Å². The molecule has 3 amide bonds. The minimum atomic E-state index is -1.07. The third-order valence-electron chi connectivity index (χ3n) is 5.27. The Balaban J connectivity index is 2.01. The van der Waals surface area contributed by atoms with Crippen molar-refractivity contribution < 1.29 is 33.8 Å². The van der Waals surface area contributed by atoms with Gasteiger partial charge >= 0.3 is 12.1 Å². The van der Waals surface area contributed by atoms with Crippen LogP contribution in [-0.2, 0) is 23.9 Å². The fourth-order valence-electron chi connectivity index (χ4n) is 3.74. The van der Waals surface area contributed by atoms with Crippen molar-refractivity contribution >= 4 is 23.9 Å². The second-order valence-corrected chi connectivity index (χ2v) is 8.80. The lowest BCUT2D eigenvalue weighted by Crippen LogP contribution is -2.54. The van der Waals surface area contributed by atoms with E-state index in [1.54, 1.807) is 27.7 Å². The number of amides is 3. The number of aliphatic hydroxyl groups excluding tert-OH is 1. The van der Waals surface area contributed by atoms with Gasteiger partial charge in [-0.2, -0.15) is 0 Å². The molecule has 1 saturated heterocycles. The summed E-state index contributed by atoms with van der Waals surface area (Å²) < 4.78 is 10.2. The number of aliphatic hydroxyl groups is 1. The van der Waals surface area contributed by atoms with Gasteiger partial charge in [-0.3, -0.25) is 9.59 Å². The third-order valence-corrected chi connectivity index (χ3v) is 5.27. The number of esters is 1. The molecule has 30 heavy (non-hydrogen) atoms. The molecule has 2 aliphatic rings. The van der Waals surface area contributed by atoms with E-state index in [9.17, 15) is 24.3 Å². The van der Waals surface area contributed by atoms with E-state index in [1.807, 2.05) is 6.92 Å². The monoisotopic (exact) mass is 427 g/mol. The predicted octanol–water partition coefficient (Wildman–Crippen LogP) is 0.321. The summed E-state index contributed by atoms with van der Waals surface area (Å²) in [6, 6.07) is -0.933. The first-order chi connectivity index (χ1) is 13.9. The molecule has 3 N–H and O–H groups in total. The first-order valence-electron chi connectivity index (χ1n) is 10.4. The number of hydrogen-bond donors (Lipinski definition) is 3. The molecule has 1 aliphatic carbocycles. The summed E-state index contributed by atoms with van der Waals surface area (Å²) in [4.78, 5) is 50.9. The summed E-state index contributed by atoms with van der Waals surface area (Å²) in [7, 11) is 0. The minimum absolute atomic E-state index is 0.0233. The summed E-state index contributed by atoms with van der Waals surface area (Å²) in [5, 5.41) is 15.2. The molecular weight excluding hydrogens is 394 g/mol. The molecule has 0 spiro atoms. The molecule has 0 aromatic carbocycles. The van der Waals surface area contributed by atoms with Crippen molar-refractivity contribution in [1.82, 2.24) is 15.5 Å². The van der Waals surface area contributed by atoms with Gasteiger partial charge in [-0.05, 0) is 40.0 Å². The van der Waals surface area contributed by atoms with Crippen molar-refractivity contribution in [3.8, 4) is 0 Å². The molecule has 0 bridgehead atoms. The zero-order chi connectivity index (χ0) is 22.7. The van der Waals surface area contributed by atoms with Gasteiger partial charge in [0.15, 0.2) is 0 Å². The van der Waals surface area contributed by atoms with Crippen LogP contribution in [-0.4, -0.2) is 76.9 Å². The van der Waals surface area contributed by atoms with Crippen molar-refractivity contribution in [2.75, 3.05) is 19.7 Å². The van der Waals surface area contributed by atoms with E-state index in [2.05, 4.69) is 10.6 Å². The number of carbonyl (C=O) groups excluding carboxylic acids is 4. The third kappa shape index (κ3) is 5.62. The van der Waals surface area contributed by atoms with Gasteiger partial charge in [-0.1, -0.05) is 13.3 Å². The van der Waals surface area contributed by atoms with Crippen LogP contribution in [0.3, 0.4) is 0 Å². The van der Waals surface area contributed by atoms with E-state index in [-0.39, 0.29) is 32.0 Å². The van der Waals surface area contributed by atoms with Gasteiger partial charge in [0.1, 0.15) is 23.7 Å². The van der Waals surface area contributed by atoms with Crippen LogP contribution in [0.5, 0.6) is 0 Å². The summed E-state index contributed by atoms with van der Waals surface area (Å²) in [6.07, 6.45) is -0.376. The Kier molecular flexibility index (Phi) is 7.33. The van der Waals surface area contributed by atoms with Crippen molar-refractivity contribution in [1.29, 1.82) is 0 Å². The molecule has 2 rings (SSSR count). The summed E-state index contributed by atoms with van der Waals surface area (Å²) in [5.74, 6) is -1.54. The zero-order valence-corrected chi connectivity index (χ0v) is 18.3. The highest BCUT2D eigenvalue weighted by atomic mass is 16.6. The van der Waals surface area contributed by atoms with Gasteiger partial charge in [-0.15, -0.1) is 0 Å². The van der Waals surface area contributed by atoms with Crippen LogP contribution in [0.2, 0.25) is 0 Å². The average Bonchev–Trinajstić information content (AvgIpc) is 3.21. The lowest BCUT2D eigenvalue weighted by Gasteiger charge is -2.26. The van der Waals surface area contributed by atoms with E-state index in [0.29, 0.717) is 12.8 Å². The van der Waals surface area contributed by atoms with Gasteiger partial charge < -0.3 is 30.1 Å². The number of nitrogens with zero attached hydrogens (tertiary/aromatic N) is 1. The highest BCUT2D eigenvalue weighted by molar-refractivity contribution is 5.95. The fourth-order valence-corrected chi connectivity index (χ4v) is 3.74. The SMILES string of the molecule is CCOC(=O)[C@@]1(NC(=O)[C@@H]2C[C@@H](O)CN2C(=O)CNC(=O)OC(C)(C)C)C[C@H]1CC. The summed E-state index contributed by atoms with van der Waals surface area (Å²) in [5.41, 5.74) is -1.78. The lowest BCUT2D eigenvalue weighted by molar-refractivity contribution is -0.150. The van der Waals surface area contributed by atoms with Crippen LogP contribution in [0.25, 0.3) is 0 Å². The number of alkyl carbamates (subject to hydrolysis) is 1. The first kappa shape index (κ1) is 23.9. The maximum absolute atomic E-state index is 12.9. The Labute approximate surface area is 176 Å². The molecule has 4 atom stereocenters. The number of rotatable bonds is 7. The van der Waals surface area contributed by atoms with Crippen molar-refractivity contribution in [3.05, 3.63) is 0 Å². The fraction of sp³-hybridized carbons (Fsp3) is 0.800. The van der Waals surface area contributed by atoms with E-state index >= 15 is 0 Å².